The van der Waals surface area contributed by atoms with Crippen LogP contribution in [0.4, 0.5) is 0 Å². The van der Waals surface area contributed by atoms with E-state index < -0.39 is 48.8 Å². The van der Waals surface area contributed by atoms with Crippen LogP contribution in [0.2, 0.25) is 0 Å². The first kappa shape index (κ1) is 16.9. The fourth-order valence-corrected chi connectivity index (χ4v) is 3.61. The highest BCUT2D eigenvalue weighted by Crippen LogP contribution is 2.32. The minimum Gasteiger partial charge on any atom is -0.623 e. The Bertz CT molecular complexity index is 404. The van der Waals surface area contributed by atoms with Crippen LogP contribution in [0.1, 0.15) is 12.8 Å². The molecular formula is C11H19NO8S. The third kappa shape index (κ3) is 3.32. The van der Waals surface area contributed by atoms with Gasteiger partial charge in [0.1, 0.15) is 29.9 Å². The second-order valence-electron chi connectivity index (χ2n) is 5.05. The minimum atomic E-state index is -1.77. The Morgan fingerprint density at radius 3 is 2.43 bits per heavy atom. The summed E-state index contributed by atoms with van der Waals surface area (Å²) >= 11 is 0.844. The van der Waals surface area contributed by atoms with Gasteiger partial charge in [-0.05, 0) is 11.8 Å². The number of thioether (sulfide) groups is 1. The molecule has 6 atom stereocenters. The lowest BCUT2D eigenvalue weighted by Gasteiger charge is -2.39. The summed E-state index contributed by atoms with van der Waals surface area (Å²) < 4.78 is 5.73. The zero-order chi connectivity index (χ0) is 15.7. The average molecular weight is 325 g/mol. The topological polar surface area (TPSA) is 157 Å². The Kier molecular flexibility index (Phi) is 5.43. The monoisotopic (exact) mass is 325 g/mol. The van der Waals surface area contributed by atoms with Gasteiger partial charge >= 0.3 is 0 Å². The number of hydrogen-bond donors (Lipinski definition) is 6. The van der Waals surface area contributed by atoms with E-state index in [1.165, 1.54) is 0 Å². The van der Waals surface area contributed by atoms with Gasteiger partial charge in [-0.15, -0.1) is 0 Å². The zero-order valence-corrected chi connectivity index (χ0v) is 11.8. The van der Waals surface area contributed by atoms with Crippen LogP contribution in [-0.4, -0.2) is 89.2 Å². The molecule has 0 aromatic carbocycles. The van der Waals surface area contributed by atoms with E-state index in [0.29, 0.717) is 4.74 Å². The van der Waals surface area contributed by atoms with Crippen LogP contribution in [0.25, 0.3) is 0 Å². The van der Waals surface area contributed by atoms with Gasteiger partial charge in [0.05, 0.1) is 6.61 Å². The molecule has 2 heterocycles. The Morgan fingerprint density at radius 2 is 1.90 bits per heavy atom. The molecule has 0 spiro atoms. The van der Waals surface area contributed by atoms with E-state index in [0.717, 1.165) is 11.8 Å². The van der Waals surface area contributed by atoms with E-state index in [9.17, 15) is 20.5 Å². The van der Waals surface area contributed by atoms with Gasteiger partial charge in [0.25, 0.3) is 0 Å². The second-order valence-corrected chi connectivity index (χ2v) is 6.23. The van der Waals surface area contributed by atoms with E-state index in [4.69, 9.17) is 20.1 Å². The molecule has 2 aliphatic heterocycles. The molecule has 2 aliphatic rings. The van der Waals surface area contributed by atoms with E-state index in [-0.39, 0.29) is 17.9 Å². The summed E-state index contributed by atoms with van der Waals surface area (Å²) in [6.07, 6.45) is -6.67. The Balaban J connectivity index is 2.08. The second kappa shape index (κ2) is 6.75. The highest BCUT2D eigenvalue weighted by molar-refractivity contribution is 8.14. The largest absolute Gasteiger partial charge is 0.623 e. The maximum atomic E-state index is 11.9. The highest BCUT2D eigenvalue weighted by atomic mass is 32.2. The Hall–Kier alpha value is -0.460. The molecule has 0 aliphatic carbocycles. The first-order chi connectivity index (χ1) is 9.86. The first-order valence-corrected chi connectivity index (χ1v) is 7.40. The Labute approximate surface area is 124 Å². The fraction of sp³-hybridized carbons (Fsp3) is 0.909. The first-order valence-electron chi connectivity index (χ1n) is 6.52. The molecule has 0 bridgehead atoms. The number of aliphatic hydroxyl groups is 6. The third-order valence-corrected chi connectivity index (χ3v) is 4.92. The minimum absolute atomic E-state index is 0.234. The molecule has 1 saturated heterocycles. The maximum Gasteiger partial charge on any atom is 0.224 e. The lowest BCUT2D eigenvalue weighted by Crippen LogP contribution is -2.57. The molecule has 0 aromatic heterocycles. The zero-order valence-electron chi connectivity index (χ0n) is 11.0. The van der Waals surface area contributed by atoms with Gasteiger partial charge in [0, 0.05) is 12.8 Å². The summed E-state index contributed by atoms with van der Waals surface area (Å²) in [6, 6.07) is -0.975. The van der Waals surface area contributed by atoms with Crippen molar-refractivity contribution in [2.24, 2.45) is 0 Å². The van der Waals surface area contributed by atoms with E-state index in [2.05, 4.69) is 0 Å². The van der Waals surface area contributed by atoms with Gasteiger partial charge in [0.2, 0.25) is 17.4 Å². The van der Waals surface area contributed by atoms with E-state index in [1.807, 2.05) is 0 Å². The van der Waals surface area contributed by atoms with Crippen LogP contribution in [0.3, 0.4) is 0 Å². The number of aliphatic hydroxyl groups excluding tert-OH is 5. The molecular weight excluding hydrogens is 306 g/mol. The summed E-state index contributed by atoms with van der Waals surface area (Å²) in [6.45, 7) is -0.545. The van der Waals surface area contributed by atoms with Crippen molar-refractivity contribution in [2.45, 2.75) is 55.0 Å². The van der Waals surface area contributed by atoms with E-state index >= 15 is 0 Å². The molecule has 9 nitrogen and oxygen atoms in total. The smallest absolute Gasteiger partial charge is 0.224 e. The summed E-state index contributed by atoms with van der Waals surface area (Å²) in [5.74, 6) is 0. The summed E-state index contributed by atoms with van der Waals surface area (Å²) in [5, 5.41) is 68.5. The number of ether oxygens (including phenoxy) is 1. The quantitative estimate of drug-likeness (QED) is 0.180. The standard InChI is InChI=1S/C11H19NO8S/c13-3-5-7(14)8(15)9(16)11(20-5)21-6-2-1-4(10(17)18)12(6)19/h4-5,7-11,13-18H,1-3H2/t4?,5-,7-,8+,9-,11+/m1/s1. The maximum absolute atomic E-state index is 11.9. The average Bonchev–Trinajstić information content (AvgIpc) is 2.81. The number of hydrogen-bond acceptors (Lipinski definition) is 9. The van der Waals surface area contributed by atoms with Crippen LogP contribution in [0.5, 0.6) is 0 Å². The molecule has 122 valence electrons. The highest BCUT2D eigenvalue weighted by Gasteiger charge is 2.46. The lowest BCUT2D eigenvalue weighted by atomic mass is 10.0. The predicted molar refractivity (Wildman–Crippen MR) is 71.2 cm³/mol. The summed E-state index contributed by atoms with van der Waals surface area (Å²) in [4.78, 5) is 0. The molecule has 10 heteroatoms. The van der Waals surface area contributed by atoms with Gasteiger partial charge in [-0.1, -0.05) is 0 Å². The van der Waals surface area contributed by atoms with Crippen molar-refractivity contribution in [3.8, 4) is 0 Å². The van der Waals surface area contributed by atoms with Crippen LogP contribution in [0, 0.1) is 5.21 Å². The number of hydroxylamine groups is 1. The van der Waals surface area contributed by atoms with Crippen LogP contribution >= 0.6 is 11.8 Å². The molecule has 0 amide bonds. The van der Waals surface area contributed by atoms with Crippen molar-refractivity contribution in [1.82, 2.24) is 0 Å². The van der Waals surface area contributed by atoms with Gasteiger partial charge in [-0.25, -0.2) is 0 Å². The lowest BCUT2D eigenvalue weighted by molar-refractivity contribution is -0.516. The Morgan fingerprint density at radius 1 is 1.24 bits per heavy atom. The fourth-order valence-electron chi connectivity index (χ4n) is 2.36. The van der Waals surface area contributed by atoms with Gasteiger partial charge in [-0.3, -0.25) is 0 Å². The molecule has 6 N–H and O–H groups in total. The molecule has 0 aromatic rings. The van der Waals surface area contributed by atoms with Crippen molar-refractivity contribution in [2.75, 3.05) is 6.61 Å². The third-order valence-electron chi connectivity index (χ3n) is 3.65. The molecule has 1 fully saturated rings. The van der Waals surface area contributed by atoms with Gasteiger partial charge in [-0.2, -0.15) is 4.74 Å². The van der Waals surface area contributed by atoms with Crippen molar-refractivity contribution < 1.29 is 40.1 Å². The molecule has 0 saturated carbocycles. The van der Waals surface area contributed by atoms with Crippen molar-refractivity contribution in [1.29, 1.82) is 0 Å². The van der Waals surface area contributed by atoms with Crippen molar-refractivity contribution in [3.05, 3.63) is 5.21 Å². The van der Waals surface area contributed by atoms with Crippen molar-refractivity contribution >= 4 is 16.8 Å². The summed E-state index contributed by atoms with van der Waals surface area (Å²) in [7, 11) is 0. The molecule has 1 unspecified atom stereocenters. The number of nitrogens with zero attached hydrogens (tertiary/aromatic N) is 1. The predicted octanol–water partition coefficient (Wildman–Crippen LogP) is -3.10. The van der Waals surface area contributed by atoms with Crippen LogP contribution < -0.4 is 0 Å². The van der Waals surface area contributed by atoms with E-state index in [1.54, 1.807) is 0 Å². The van der Waals surface area contributed by atoms with Crippen LogP contribution in [0.15, 0.2) is 0 Å². The molecule has 21 heavy (non-hydrogen) atoms. The van der Waals surface area contributed by atoms with Crippen LogP contribution in [-0.2, 0) is 4.74 Å². The molecule has 0 radical (unpaired) electrons. The van der Waals surface area contributed by atoms with Gasteiger partial charge < -0.3 is 40.6 Å². The summed E-state index contributed by atoms with van der Waals surface area (Å²) in [5.41, 5.74) is -1.04. The van der Waals surface area contributed by atoms with Crippen molar-refractivity contribution in [3.63, 3.8) is 0 Å². The number of rotatable bonds is 3. The SMILES string of the molecule is [O-][N+]1=C(S[C@@H]2O[C@H](CO)[C@@H](O)[C@H](O)[C@H]2O)CCC1C(O)O. The van der Waals surface area contributed by atoms with Gasteiger partial charge in [0.15, 0.2) is 0 Å². The molecule has 2 rings (SSSR count). The normalized spacial score (nSPS) is 41.1.